The summed E-state index contributed by atoms with van der Waals surface area (Å²) in [6, 6.07) is 4.26. The normalized spacial score (nSPS) is 21.4. The van der Waals surface area contributed by atoms with Crippen molar-refractivity contribution in [1.82, 2.24) is 4.90 Å². The summed E-state index contributed by atoms with van der Waals surface area (Å²) < 4.78 is 4.82. The topological polar surface area (TPSA) is 29.5 Å². The van der Waals surface area contributed by atoms with Crippen LogP contribution in [0.3, 0.4) is 0 Å². The minimum atomic E-state index is -0.0502. The first-order valence-electron chi connectivity index (χ1n) is 6.12. The summed E-state index contributed by atoms with van der Waals surface area (Å²) in [5.74, 6) is 0.0305. The summed E-state index contributed by atoms with van der Waals surface area (Å²) in [7, 11) is 1.48. The van der Waals surface area contributed by atoms with Crippen molar-refractivity contribution in [2.75, 3.05) is 26.7 Å². The molecule has 4 heteroatoms. The van der Waals surface area contributed by atoms with Gasteiger partial charge in [-0.25, -0.2) is 0 Å². The van der Waals surface area contributed by atoms with Crippen LogP contribution in [0.5, 0.6) is 0 Å². The van der Waals surface area contributed by atoms with E-state index in [1.54, 1.807) is 11.3 Å². The van der Waals surface area contributed by atoms with Gasteiger partial charge in [0.15, 0.2) is 0 Å². The molecule has 0 amide bonds. The van der Waals surface area contributed by atoms with Gasteiger partial charge in [0, 0.05) is 18.0 Å². The molecule has 1 aromatic rings. The molecule has 94 valence electrons. The van der Waals surface area contributed by atoms with E-state index >= 15 is 0 Å². The van der Waals surface area contributed by atoms with Crippen LogP contribution in [0.15, 0.2) is 17.5 Å². The Bertz CT molecular complexity index is 350. The summed E-state index contributed by atoms with van der Waals surface area (Å²) in [5, 5.41) is 2.11. The molecule has 0 aromatic carbocycles. The Morgan fingerprint density at radius 3 is 3.24 bits per heavy atom. The minimum absolute atomic E-state index is 0.0502. The standard InChI is InChI=1S/C13H19NO2S/c1-16-13(15)11-4-2-7-14(10-11)8-6-12-5-3-9-17-12/h3,5,9,11H,2,4,6-8,10H2,1H3/t11-/m0/s1. The van der Waals surface area contributed by atoms with Crippen molar-refractivity contribution in [1.29, 1.82) is 0 Å². The number of hydrogen-bond donors (Lipinski definition) is 0. The molecule has 1 saturated heterocycles. The minimum Gasteiger partial charge on any atom is -0.469 e. The molecule has 0 bridgehead atoms. The van der Waals surface area contributed by atoms with Gasteiger partial charge < -0.3 is 9.64 Å². The highest BCUT2D eigenvalue weighted by Crippen LogP contribution is 2.18. The molecule has 1 aromatic heterocycles. The van der Waals surface area contributed by atoms with Crippen molar-refractivity contribution in [2.45, 2.75) is 19.3 Å². The third kappa shape index (κ3) is 3.54. The molecule has 1 aliphatic rings. The van der Waals surface area contributed by atoms with E-state index in [1.165, 1.54) is 12.0 Å². The summed E-state index contributed by atoms with van der Waals surface area (Å²) >= 11 is 1.80. The molecule has 1 aliphatic heterocycles. The van der Waals surface area contributed by atoms with E-state index in [0.29, 0.717) is 0 Å². The number of piperidine rings is 1. The van der Waals surface area contributed by atoms with Crippen molar-refractivity contribution < 1.29 is 9.53 Å². The fraction of sp³-hybridized carbons (Fsp3) is 0.615. The number of carbonyl (C=O) groups is 1. The lowest BCUT2D eigenvalue weighted by atomic mass is 9.98. The van der Waals surface area contributed by atoms with Crippen LogP contribution < -0.4 is 0 Å². The monoisotopic (exact) mass is 253 g/mol. The molecular weight excluding hydrogens is 234 g/mol. The van der Waals surface area contributed by atoms with Gasteiger partial charge in [-0.1, -0.05) is 6.07 Å². The molecule has 0 radical (unpaired) electrons. The summed E-state index contributed by atoms with van der Waals surface area (Å²) in [6.45, 7) is 3.02. The zero-order valence-corrected chi connectivity index (χ0v) is 11.0. The number of thiophene rings is 1. The molecule has 2 heterocycles. The van der Waals surface area contributed by atoms with Gasteiger partial charge in [-0.15, -0.1) is 11.3 Å². The van der Waals surface area contributed by atoms with Crippen LogP contribution in [0.25, 0.3) is 0 Å². The average Bonchev–Trinajstić information content (AvgIpc) is 2.89. The maximum Gasteiger partial charge on any atom is 0.309 e. The van der Waals surface area contributed by atoms with Gasteiger partial charge in [0.2, 0.25) is 0 Å². The molecule has 1 fully saturated rings. The lowest BCUT2D eigenvalue weighted by Crippen LogP contribution is -2.40. The van der Waals surface area contributed by atoms with Crippen molar-refractivity contribution >= 4 is 17.3 Å². The van der Waals surface area contributed by atoms with Crippen LogP contribution in [-0.4, -0.2) is 37.6 Å². The molecule has 0 unspecified atom stereocenters. The second-order valence-electron chi connectivity index (χ2n) is 4.49. The SMILES string of the molecule is COC(=O)[C@H]1CCCN(CCc2cccs2)C1. The third-order valence-corrected chi connectivity index (χ3v) is 4.23. The molecular formula is C13H19NO2S. The number of carbonyl (C=O) groups excluding carboxylic acids is 1. The summed E-state index contributed by atoms with van der Waals surface area (Å²) in [5.41, 5.74) is 0. The second kappa shape index (κ2) is 6.17. The largest absolute Gasteiger partial charge is 0.469 e. The van der Waals surface area contributed by atoms with Crippen LogP contribution in [0.2, 0.25) is 0 Å². The van der Waals surface area contributed by atoms with Gasteiger partial charge in [-0.2, -0.15) is 0 Å². The van der Waals surface area contributed by atoms with E-state index in [0.717, 1.165) is 38.9 Å². The highest BCUT2D eigenvalue weighted by molar-refractivity contribution is 7.09. The zero-order valence-electron chi connectivity index (χ0n) is 10.2. The Labute approximate surface area is 106 Å². The van der Waals surface area contributed by atoms with Crippen LogP contribution in [0, 0.1) is 5.92 Å². The van der Waals surface area contributed by atoms with Gasteiger partial charge in [0.1, 0.15) is 0 Å². The molecule has 0 saturated carbocycles. The molecule has 17 heavy (non-hydrogen) atoms. The third-order valence-electron chi connectivity index (χ3n) is 3.29. The number of likely N-dealkylation sites (tertiary alicyclic amines) is 1. The molecule has 0 N–H and O–H groups in total. The van der Waals surface area contributed by atoms with Gasteiger partial charge >= 0.3 is 5.97 Å². The van der Waals surface area contributed by atoms with E-state index in [2.05, 4.69) is 22.4 Å². The lowest BCUT2D eigenvalue weighted by molar-refractivity contribution is -0.147. The molecule has 3 nitrogen and oxygen atoms in total. The van der Waals surface area contributed by atoms with Crippen LogP contribution in [0.1, 0.15) is 17.7 Å². The Morgan fingerprint density at radius 1 is 1.65 bits per heavy atom. The predicted molar refractivity (Wildman–Crippen MR) is 69.2 cm³/mol. The maximum absolute atomic E-state index is 11.5. The highest BCUT2D eigenvalue weighted by Gasteiger charge is 2.25. The van der Waals surface area contributed by atoms with Crippen molar-refractivity contribution in [3.05, 3.63) is 22.4 Å². The fourth-order valence-electron chi connectivity index (χ4n) is 2.34. The number of rotatable bonds is 4. The van der Waals surface area contributed by atoms with E-state index in [-0.39, 0.29) is 11.9 Å². The van der Waals surface area contributed by atoms with E-state index < -0.39 is 0 Å². The Balaban J connectivity index is 1.79. The van der Waals surface area contributed by atoms with Gasteiger partial charge in [-0.05, 0) is 37.3 Å². The average molecular weight is 253 g/mol. The summed E-state index contributed by atoms with van der Waals surface area (Å²) in [6.07, 6.45) is 3.16. The first kappa shape index (κ1) is 12.6. The quantitative estimate of drug-likeness (QED) is 0.770. The van der Waals surface area contributed by atoms with Crippen molar-refractivity contribution in [3.8, 4) is 0 Å². The fourth-order valence-corrected chi connectivity index (χ4v) is 3.04. The van der Waals surface area contributed by atoms with Crippen molar-refractivity contribution in [2.24, 2.45) is 5.92 Å². The van der Waals surface area contributed by atoms with E-state index in [4.69, 9.17) is 4.74 Å². The number of ether oxygens (including phenoxy) is 1. The first-order chi connectivity index (χ1) is 8.29. The van der Waals surface area contributed by atoms with Gasteiger partial charge in [0.05, 0.1) is 13.0 Å². The Hall–Kier alpha value is -0.870. The molecule has 0 aliphatic carbocycles. The van der Waals surface area contributed by atoms with Crippen molar-refractivity contribution in [3.63, 3.8) is 0 Å². The number of nitrogens with zero attached hydrogens (tertiary/aromatic N) is 1. The smallest absolute Gasteiger partial charge is 0.309 e. The van der Waals surface area contributed by atoms with Gasteiger partial charge in [-0.3, -0.25) is 4.79 Å². The molecule has 1 atom stereocenters. The van der Waals surface area contributed by atoms with Crippen LogP contribution >= 0.6 is 11.3 Å². The molecule has 0 spiro atoms. The predicted octanol–water partition coefficient (Wildman–Crippen LogP) is 2.18. The van der Waals surface area contributed by atoms with Crippen LogP contribution in [-0.2, 0) is 16.0 Å². The van der Waals surface area contributed by atoms with E-state index in [1.807, 2.05) is 0 Å². The highest BCUT2D eigenvalue weighted by atomic mass is 32.1. The second-order valence-corrected chi connectivity index (χ2v) is 5.52. The molecule has 2 rings (SSSR count). The number of hydrogen-bond acceptors (Lipinski definition) is 4. The Kier molecular flexibility index (Phi) is 4.57. The Morgan fingerprint density at radius 2 is 2.53 bits per heavy atom. The zero-order chi connectivity index (χ0) is 12.1. The summed E-state index contributed by atoms with van der Waals surface area (Å²) in [4.78, 5) is 15.3. The maximum atomic E-state index is 11.5. The number of methoxy groups -OCH3 is 1. The van der Waals surface area contributed by atoms with Crippen LogP contribution in [0.4, 0.5) is 0 Å². The lowest BCUT2D eigenvalue weighted by Gasteiger charge is -2.31. The first-order valence-corrected chi connectivity index (χ1v) is 7.00. The van der Waals surface area contributed by atoms with Gasteiger partial charge in [0.25, 0.3) is 0 Å². The van der Waals surface area contributed by atoms with E-state index in [9.17, 15) is 4.79 Å². The number of esters is 1.